The van der Waals surface area contributed by atoms with Crippen molar-refractivity contribution in [3.05, 3.63) is 121 Å². The predicted octanol–water partition coefficient (Wildman–Crippen LogP) is 6.58. The zero-order valence-corrected chi connectivity index (χ0v) is 21.2. The molecule has 1 aliphatic rings. The number of fused-ring (bicyclic) bond motifs is 4. The molecular weight excluding hydrogens is 452 g/mol. The highest BCUT2D eigenvalue weighted by Crippen LogP contribution is 2.33. The van der Waals surface area contributed by atoms with Gasteiger partial charge in [-0.15, -0.1) is 0 Å². The van der Waals surface area contributed by atoms with Crippen molar-refractivity contribution in [1.29, 1.82) is 0 Å². The molecule has 1 aliphatic heterocycles. The first-order chi connectivity index (χ1) is 17.8. The van der Waals surface area contributed by atoms with Crippen LogP contribution in [0, 0.1) is 0 Å². The van der Waals surface area contributed by atoms with Crippen LogP contribution in [0.2, 0.25) is 6.55 Å². The molecule has 0 spiro atoms. The van der Waals surface area contributed by atoms with E-state index in [2.05, 4.69) is 128 Å². The largest absolute Gasteiger partial charge is 0.228 e. The van der Waals surface area contributed by atoms with Gasteiger partial charge in [0.25, 0.3) is 0 Å². The van der Waals surface area contributed by atoms with Gasteiger partial charge in [0.2, 0.25) is 0 Å². The maximum atomic E-state index is 5.24. The second-order valence-electron chi connectivity index (χ2n) is 9.44. The van der Waals surface area contributed by atoms with Crippen molar-refractivity contribution in [2.24, 2.45) is 0 Å². The fourth-order valence-corrected chi connectivity index (χ4v) is 8.26. The van der Waals surface area contributed by atoms with Crippen molar-refractivity contribution >= 4 is 29.9 Å². The van der Waals surface area contributed by atoms with Crippen LogP contribution >= 0.6 is 0 Å². The highest BCUT2D eigenvalue weighted by molar-refractivity contribution is 6.89. The highest BCUT2D eigenvalue weighted by atomic mass is 28.3. The fraction of sp³-hybridized carbons (Fsp3) is 0.0303. The Morgan fingerprint density at radius 2 is 1.17 bits per heavy atom. The minimum Gasteiger partial charge on any atom is -0.228 e. The normalized spacial score (nSPS) is 14.0. The van der Waals surface area contributed by atoms with Gasteiger partial charge in [0.05, 0.1) is 11.4 Å². The lowest BCUT2D eigenvalue weighted by Gasteiger charge is -2.14. The number of nitrogens with zero attached hydrogens (tertiary/aromatic N) is 2. The number of benzene rings is 5. The number of aromatic nitrogens is 2. The molecule has 6 aromatic rings. The Morgan fingerprint density at radius 1 is 0.528 bits per heavy atom. The molecule has 0 saturated carbocycles. The molecule has 170 valence electrons. The van der Waals surface area contributed by atoms with Crippen molar-refractivity contribution in [2.45, 2.75) is 6.55 Å². The van der Waals surface area contributed by atoms with E-state index in [1.54, 1.807) is 0 Å². The third kappa shape index (κ3) is 3.32. The molecule has 1 aromatic heterocycles. The molecule has 2 nitrogen and oxygen atoms in total. The molecular formula is C33H24N2Si. The van der Waals surface area contributed by atoms with Crippen molar-refractivity contribution in [3.63, 3.8) is 0 Å². The van der Waals surface area contributed by atoms with Crippen LogP contribution in [-0.4, -0.2) is 18.8 Å². The quantitative estimate of drug-likeness (QED) is 0.270. The highest BCUT2D eigenvalue weighted by Gasteiger charge is 2.32. The second kappa shape index (κ2) is 8.40. The number of hydrogen-bond donors (Lipinski definition) is 0. The summed E-state index contributed by atoms with van der Waals surface area (Å²) < 4.78 is 0. The van der Waals surface area contributed by atoms with E-state index in [1.807, 2.05) is 0 Å². The van der Waals surface area contributed by atoms with Crippen LogP contribution in [0.3, 0.4) is 0 Å². The van der Waals surface area contributed by atoms with Crippen LogP contribution in [0.15, 0.2) is 121 Å². The van der Waals surface area contributed by atoms with Crippen LogP contribution in [0.5, 0.6) is 0 Å². The smallest absolute Gasteiger partial charge is 0.160 e. The summed E-state index contributed by atoms with van der Waals surface area (Å²) in [5.74, 6) is 0.785. The SMILES string of the molecule is C[SiH]1c2ccccc2-c2nc(-c3cccc(-c4cccc5ccccc45)c3)nc(-c3ccccc3)c21. The summed E-state index contributed by atoms with van der Waals surface area (Å²) >= 11 is 0. The third-order valence-electron chi connectivity index (χ3n) is 7.33. The van der Waals surface area contributed by atoms with E-state index >= 15 is 0 Å². The molecule has 0 fully saturated rings. The average Bonchev–Trinajstić information content (AvgIpc) is 3.24. The molecule has 0 aliphatic carbocycles. The van der Waals surface area contributed by atoms with Crippen LogP contribution in [0.4, 0.5) is 0 Å². The van der Waals surface area contributed by atoms with Crippen LogP contribution < -0.4 is 10.4 Å². The van der Waals surface area contributed by atoms with E-state index in [-0.39, 0.29) is 0 Å². The maximum absolute atomic E-state index is 5.24. The lowest BCUT2D eigenvalue weighted by atomic mass is 9.97. The Morgan fingerprint density at radius 3 is 2.08 bits per heavy atom. The van der Waals surface area contributed by atoms with Gasteiger partial charge in [0.1, 0.15) is 8.80 Å². The molecule has 7 rings (SSSR count). The molecule has 0 amide bonds. The first-order valence-corrected chi connectivity index (χ1v) is 14.7. The summed E-state index contributed by atoms with van der Waals surface area (Å²) in [4.78, 5) is 10.5. The van der Waals surface area contributed by atoms with Gasteiger partial charge in [-0.1, -0.05) is 122 Å². The van der Waals surface area contributed by atoms with Gasteiger partial charge in [0.15, 0.2) is 5.82 Å². The Hall–Kier alpha value is -4.34. The molecule has 5 aromatic carbocycles. The Kier molecular flexibility index (Phi) is 4.90. The first kappa shape index (κ1) is 21.0. The summed E-state index contributed by atoms with van der Waals surface area (Å²) in [5.41, 5.74) is 8.08. The molecule has 0 saturated heterocycles. The number of hydrogen-bond acceptors (Lipinski definition) is 2. The van der Waals surface area contributed by atoms with Crippen molar-refractivity contribution in [1.82, 2.24) is 9.97 Å². The monoisotopic (exact) mass is 476 g/mol. The zero-order valence-electron chi connectivity index (χ0n) is 20.0. The van der Waals surface area contributed by atoms with Crippen LogP contribution in [0.1, 0.15) is 0 Å². The average molecular weight is 477 g/mol. The minimum atomic E-state index is -1.38. The molecule has 3 heteroatoms. The topological polar surface area (TPSA) is 25.8 Å². The second-order valence-corrected chi connectivity index (χ2v) is 12.1. The van der Waals surface area contributed by atoms with Gasteiger partial charge in [0, 0.05) is 11.1 Å². The first-order valence-electron chi connectivity index (χ1n) is 12.4. The lowest BCUT2D eigenvalue weighted by Crippen LogP contribution is -2.36. The van der Waals surface area contributed by atoms with Crippen molar-refractivity contribution < 1.29 is 0 Å². The third-order valence-corrected chi connectivity index (χ3v) is 10.2. The summed E-state index contributed by atoms with van der Waals surface area (Å²) in [6.07, 6.45) is 0. The van der Waals surface area contributed by atoms with Gasteiger partial charge in [-0.25, -0.2) is 9.97 Å². The Balaban J connectivity index is 1.45. The molecule has 0 radical (unpaired) electrons. The predicted molar refractivity (Wildman–Crippen MR) is 154 cm³/mol. The standard InChI is InChI=1S/C33H24N2Si/c1-36-29-20-8-7-18-28(29)31-32(36)30(23-12-3-2-4-13-23)34-33(35-31)25-16-9-15-24(21-25)27-19-10-14-22-11-5-6-17-26(22)27/h2-21,36H,1H3. The van der Waals surface area contributed by atoms with Gasteiger partial charge in [-0.2, -0.15) is 0 Å². The van der Waals surface area contributed by atoms with E-state index in [1.165, 1.54) is 37.8 Å². The Bertz CT molecular complexity index is 1750. The molecule has 1 atom stereocenters. The van der Waals surface area contributed by atoms with Crippen molar-refractivity contribution in [3.8, 4) is 45.0 Å². The molecule has 0 bridgehead atoms. The van der Waals surface area contributed by atoms with Crippen LogP contribution in [0.25, 0.3) is 55.8 Å². The van der Waals surface area contributed by atoms with E-state index in [0.717, 1.165) is 28.3 Å². The van der Waals surface area contributed by atoms with Gasteiger partial charge in [-0.3, -0.25) is 0 Å². The summed E-state index contributed by atoms with van der Waals surface area (Å²) in [7, 11) is -1.38. The van der Waals surface area contributed by atoms with Gasteiger partial charge >= 0.3 is 0 Å². The summed E-state index contributed by atoms with van der Waals surface area (Å²) in [6, 6.07) is 43.1. The lowest BCUT2D eigenvalue weighted by molar-refractivity contribution is 1.20. The fourth-order valence-electron chi connectivity index (χ4n) is 5.58. The van der Waals surface area contributed by atoms with Crippen LogP contribution in [-0.2, 0) is 0 Å². The maximum Gasteiger partial charge on any atom is 0.160 e. The van der Waals surface area contributed by atoms with E-state index in [9.17, 15) is 0 Å². The van der Waals surface area contributed by atoms with Gasteiger partial charge in [-0.05, 0) is 43.9 Å². The number of rotatable bonds is 3. The Labute approximate surface area is 212 Å². The summed E-state index contributed by atoms with van der Waals surface area (Å²) in [5, 5.41) is 5.32. The summed E-state index contributed by atoms with van der Waals surface area (Å²) in [6.45, 7) is 2.40. The van der Waals surface area contributed by atoms with E-state index in [4.69, 9.17) is 9.97 Å². The van der Waals surface area contributed by atoms with Gasteiger partial charge < -0.3 is 0 Å². The minimum absolute atomic E-state index is 0.785. The van der Waals surface area contributed by atoms with E-state index in [0.29, 0.717) is 0 Å². The molecule has 36 heavy (non-hydrogen) atoms. The molecule has 1 unspecified atom stereocenters. The van der Waals surface area contributed by atoms with E-state index < -0.39 is 8.80 Å². The molecule has 2 heterocycles. The van der Waals surface area contributed by atoms with Crippen molar-refractivity contribution in [2.75, 3.05) is 0 Å². The molecule has 0 N–H and O–H groups in total. The zero-order chi connectivity index (χ0) is 24.1.